The van der Waals surface area contributed by atoms with Crippen LogP contribution in [0, 0.1) is 13.8 Å². The number of hydrogen-bond donors (Lipinski definition) is 0. The van der Waals surface area contributed by atoms with Gasteiger partial charge in [0.15, 0.2) is 0 Å². The van der Waals surface area contributed by atoms with Crippen molar-refractivity contribution in [1.82, 2.24) is 19.3 Å². The molecule has 0 spiro atoms. The second kappa shape index (κ2) is 11.6. The molecule has 0 aliphatic heterocycles. The smallest absolute Gasteiger partial charge is 0.0886 e. The van der Waals surface area contributed by atoms with Crippen molar-refractivity contribution in [2.24, 2.45) is 0 Å². The highest BCUT2D eigenvalue weighted by molar-refractivity contribution is 6.09. The predicted octanol–water partition coefficient (Wildman–Crippen LogP) is 11.9. The summed E-state index contributed by atoms with van der Waals surface area (Å²) in [5, 5.41) is 7.29. The van der Waals surface area contributed by atoms with Crippen molar-refractivity contribution >= 4 is 21.8 Å². The van der Waals surface area contributed by atoms with Crippen LogP contribution in [0.2, 0.25) is 0 Å². The summed E-state index contributed by atoms with van der Waals surface area (Å²) >= 11 is 0. The lowest BCUT2D eigenvalue weighted by molar-refractivity contribution is 0.585. The number of para-hydroxylation sites is 1. The van der Waals surface area contributed by atoms with E-state index < -0.39 is 5.41 Å². The fraction of sp³-hybridized carbons (Fsp3) is 0.224. The molecule has 1 aliphatic carbocycles. The number of benzene rings is 5. The SMILES string of the molecule is Cc1cc(C)n(-c2ccc3c4ccccc4n(-c4cccc(C5(c6ccccn6)c6cc(C(C)(C)C)ccc6-c6ccc(C(C)(C)C)cc65)c4)c3c2)n1. The summed E-state index contributed by atoms with van der Waals surface area (Å²) in [7, 11) is 0. The van der Waals surface area contributed by atoms with Crippen molar-refractivity contribution in [1.29, 1.82) is 0 Å². The minimum absolute atomic E-state index is 0.0236. The second-order valence-electron chi connectivity index (χ2n) is 16.9. The molecule has 8 aromatic rings. The number of fused-ring (bicyclic) bond motifs is 6. The fourth-order valence-electron chi connectivity index (χ4n) is 8.71. The summed E-state index contributed by atoms with van der Waals surface area (Å²) in [5.41, 5.74) is 15.9. The average Bonchev–Trinajstić information content (AvgIpc) is 3.77. The van der Waals surface area contributed by atoms with E-state index in [-0.39, 0.29) is 10.8 Å². The van der Waals surface area contributed by atoms with Gasteiger partial charge >= 0.3 is 0 Å². The van der Waals surface area contributed by atoms with Crippen LogP contribution in [0.3, 0.4) is 0 Å². The number of nitrogens with zero attached hydrogens (tertiary/aromatic N) is 4. The van der Waals surface area contributed by atoms with Crippen LogP contribution < -0.4 is 0 Å². The van der Waals surface area contributed by atoms with Crippen molar-refractivity contribution in [3.05, 3.63) is 178 Å². The number of aryl methyl sites for hydroxylation is 2. The Hall–Kier alpha value is -5.74. The molecule has 262 valence electrons. The largest absolute Gasteiger partial charge is 0.309 e. The third-order valence-corrected chi connectivity index (χ3v) is 11.4. The van der Waals surface area contributed by atoms with E-state index >= 15 is 0 Å². The summed E-state index contributed by atoms with van der Waals surface area (Å²) in [6, 6.07) is 47.5. The maximum atomic E-state index is 5.22. The van der Waals surface area contributed by atoms with Crippen LogP contribution in [-0.2, 0) is 16.2 Å². The Kier molecular flexibility index (Phi) is 7.27. The molecular formula is C49H46N4. The van der Waals surface area contributed by atoms with Crippen LogP contribution in [0.1, 0.15) is 86.4 Å². The maximum absolute atomic E-state index is 5.22. The first-order valence-corrected chi connectivity index (χ1v) is 18.8. The highest BCUT2D eigenvalue weighted by atomic mass is 15.3. The zero-order valence-corrected chi connectivity index (χ0v) is 32.0. The van der Waals surface area contributed by atoms with Gasteiger partial charge in [-0.15, -0.1) is 0 Å². The van der Waals surface area contributed by atoms with Gasteiger partial charge in [-0.05, 0) is 112 Å². The van der Waals surface area contributed by atoms with Crippen molar-refractivity contribution in [2.75, 3.05) is 0 Å². The summed E-state index contributed by atoms with van der Waals surface area (Å²) in [6.07, 6.45) is 1.95. The third kappa shape index (κ3) is 5.03. The summed E-state index contributed by atoms with van der Waals surface area (Å²) in [4.78, 5) is 5.22. The Morgan fingerprint density at radius 3 is 1.83 bits per heavy atom. The summed E-state index contributed by atoms with van der Waals surface area (Å²) < 4.78 is 4.48. The van der Waals surface area contributed by atoms with Crippen LogP contribution in [0.4, 0.5) is 0 Å². The molecule has 3 heterocycles. The molecule has 0 N–H and O–H groups in total. The van der Waals surface area contributed by atoms with Crippen LogP contribution in [-0.4, -0.2) is 19.3 Å². The molecule has 0 bridgehead atoms. The van der Waals surface area contributed by atoms with Crippen LogP contribution >= 0.6 is 0 Å². The topological polar surface area (TPSA) is 35.6 Å². The van der Waals surface area contributed by atoms with Crippen LogP contribution in [0.5, 0.6) is 0 Å². The maximum Gasteiger partial charge on any atom is 0.0886 e. The highest BCUT2D eigenvalue weighted by Crippen LogP contribution is 2.57. The molecule has 0 saturated carbocycles. The first-order chi connectivity index (χ1) is 25.4. The molecule has 0 fully saturated rings. The van der Waals surface area contributed by atoms with E-state index in [1.165, 1.54) is 55.2 Å². The number of hydrogen-bond acceptors (Lipinski definition) is 2. The zero-order chi connectivity index (χ0) is 36.9. The normalized spacial score (nSPS) is 13.8. The molecule has 4 heteroatoms. The van der Waals surface area contributed by atoms with E-state index in [1.54, 1.807) is 0 Å². The van der Waals surface area contributed by atoms with Gasteiger partial charge in [0.25, 0.3) is 0 Å². The van der Waals surface area contributed by atoms with Gasteiger partial charge in [-0.3, -0.25) is 4.98 Å². The Bertz CT molecular complexity index is 2650. The van der Waals surface area contributed by atoms with Crippen LogP contribution in [0.15, 0.2) is 134 Å². The number of rotatable bonds is 4. The molecule has 0 saturated heterocycles. The van der Waals surface area contributed by atoms with Gasteiger partial charge in [-0.25, -0.2) is 4.68 Å². The first-order valence-electron chi connectivity index (χ1n) is 18.8. The molecule has 0 atom stereocenters. The highest BCUT2D eigenvalue weighted by Gasteiger charge is 2.48. The van der Waals surface area contributed by atoms with Gasteiger partial charge in [0.05, 0.1) is 33.5 Å². The Labute approximate surface area is 312 Å². The molecule has 9 rings (SSSR count). The van der Waals surface area contributed by atoms with E-state index in [4.69, 9.17) is 10.1 Å². The lowest BCUT2D eigenvalue weighted by Gasteiger charge is -2.34. The summed E-state index contributed by atoms with van der Waals surface area (Å²) in [6.45, 7) is 18.0. The van der Waals surface area contributed by atoms with E-state index in [0.717, 1.165) is 34.0 Å². The third-order valence-electron chi connectivity index (χ3n) is 11.4. The molecule has 0 unspecified atom stereocenters. The van der Waals surface area contributed by atoms with Gasteiger partial charge in [-0.1, -0.05) is 120 Å². The lowest BCUT2D eigenvalue weighted by atomic mass is 9.68. The molecule has 0 radical (unpaired) electrons. The zero-order valence-electron chi connectivity index (χ0n) is 32.0. The van der Waals surface area contributed by atoms with E-state index in [0.29, 0.717) is 0 Å². The van der Waals surface area contributed by atoms with E-state index in [1.807, 2.05) is 12.3 Å². The quantitative estimate of drug-likeness (QED) is 0.184. The fourth-order valence-corrected chi connectivity index (χ4v) is 8.71. The molecule has 0 amide bonds. The Morgan fingerprint density at radius 2 is 1.21 bits per heavy atom. The predicted molar refractivity (Wildman–Crippen MR) is 220 cm³/mol. The van der Waals surface area contributed by atoms with Gasteiger partial charge < -0.3 is 4.57 Å². The van der Waals surface area contributed by atoms with Gasteiger partial charge in [0, 0.05) is 28.4 Å². The van der Waals surface area contributed by atoms with E-state index in [2.05, 4.69) is 186 Å². The molecule has 53 heavy (non-hydrogen) atoms. The molecule has 5 aromatic carbocycles. The van der Waals surface area contributed by atoms with Crippen molar-refractivity contribution < 1.29 is 0 Å². The standard InChI is InChI=1S/C49H46N4/c1-31-26-32(2)53(51-31)37-21-24-41-40-16-9-10-17-44(40)52(45(41)30-37)36-15-13-14-35(27-36)49(46-18-11-12-25-50-46)42-28-33(47(3,4)5)19-22-38(42)39-23-20-34(29-43(39)49)48(6,7)8/h9-30H,1-8H3. The van der Waals surface area contributed by atoms with Crippen molar-refractivity contribution in [3.63, 3.8) is 0 Å². The number of aromatic nitrogens is 4. The molecule has 4 nitrogen and oxygen atoms in total. The van der Waals surface area contributed by atoms with E-state index in [9.17, 15) is 0 Å². The molecule has 1 aliphatic rings. The lowest BCUT2D eigenvalue weighted by Crippen LogP contribution is -2.31. The Balaban J connectivity index is 1.38. The van der Waals surface area contributed by atoms with Gasteiger partial charge in [0.2, 0.25) is 0 Å². The second-order valence-corrected chi connectivity index (χ2v) is 16.9. The van der Waals surface area contributed by atoms with Crippen LogP contribution in [0.25, 0.3) is 44.3 Å². The monoisotopic (exact) mass is 690 g/mol. The number of pyridine rings is 1. The minimum atomic E-state index is -0.641. The van der Waals surface area contributed by atoms with Gasteiger partial charge in [0.1, 0.15) is 0 Å². The molecular weight excluding hydrogens is 645 g/mol. The Morgan fingerprint density at radius 1 is 0.547 bits per heavy atom. The van der Waals surface area contributed by atoms with Crippen molar-refractivity contribution in [2.45, 2.75) is 71.6 Å². The van der Waals surface area contributed by atoms with Crippen molar-refractivity contribution in [3.8, 4) is 22.5 Å². The average molecular weight is 691 g/mol. The summed E-state index contributed by atoms with van der Waals surface area (Å²) in [5.74, 6) is 0. The molecule has 3 aromatic heterocycles. The minimum Gasteiger partial charge on any atom is -0.309 e. The van der Waals surface area contributed by atoms with Gasteiger partial charge in [-0.2, -0.15) is 5.10 Å². The first kappa shape index (κ1) is 33.1.